The van der Waals surface area contributed by atoms with E-state index in [1.165, 1.54) is 0 Å². The normalized spacial score (nSPS) is 28.4. The summed E-state index contributed by atoms with van der Waals surface area (Å²) in [6, 6.07) is 5.96. The van der Waals surface area contributed by atoms with E-state index in [1.807, 2.05) is 78.8 Å². The van der Waals surface area contributed by atoms with E-state index < -0.39 is 41.2 Å². The van der Waals surface area contributed by atoms with Gasteiger partial charge in [-0.1, -0.05) is 43.7 Å². The minimum Gasteiger partial charge on any atom is -0.452 e. The third kappa shape index (κ3) is 4.38. The number of hydrogen-bond acceptors (Lipinski definition) is 5. The van der Waals surface area contributed by atoms with Gasteiger partial charge in [0, 0.05) is 11.2 Å². The summed E-state index contributed by atoms with van der Waals surface area (Å²) in [6.45, 7) is 14.0. The number of aryl methyl sites for hydroxylation is 2. The van der Waals surface area contributed by atoms with E-state index in [0.717, 1.165) is 16.8 Å². The Balaban J connectivity index is 1.58. The second-order valence-corrected chi connectivity index (χ2v) is 11.4. The Morgan fingerprint density at radius 2 is 1.97 bits per heavy atom. The third-order valence-electron chi connectivity index (χ3n) is 6.75. The highest BCUT2D eigenvalue weighted by molar-refractivity contribution is 6.03. The number of anilines is 1. The molecule has 5 atom stereocenters. The van der Waals surface area contributed by atoms with Crippen molar-refractivity contribution >= 4 is 23.5 Å². The first-order chi connectivity index (χ1) is 15.8. The minimum atomic E-state index is -0.919. The minimum absolute atomic E-state index is 0.139. The molecule has 1 aromatic carbocycles. The summed E-state index contributed by atoms with van der Waals surface area (Å²) in [4.78, 5) is 41.7. The van der Waals surface area contributed by atoms with Gasteiger partial charge >= 0.3 is 5.97 Å². The molecule has 1 spiro atoms. The summed E-state index contributed by atoms with van der Waals surface area (Å²) in [7, 11) is 0. The topological polar surface area (TPSA) is 84.9 Å². The van der Waals surface area contributed by atoms with Gasteiger partial charge in [0.25, 0.3) is 5.91 Å². The van der Waals surface area contributed by atoms with Gasteiger partial charge in [-0.05, 0) is 58.6 Å². The predicted molar refractivity (Wildman–Crippen MR) is 129 cm³/mol. The van der Waals surface area contributed by atoms with Crippen molar-refractivity contribution in [3.63, 3.8) is 0 Å². The smallest absolute Gasteiger partial charge is 0.313 e. The van der Waals surface area contributed by atoms with Crippen LogP contribution in [0.5, 0.6) is 0 Å². The summed E-state index contributed by atoms with van der Waals surface area (Å²) in [5.74, 6) is -2.30. The third-order valence-corrected chi connectivity index (χ3v) is 6.75. The fourth-order valence-corrected chi connectivity index (χ4v) is 5.39. The maximum Gasteiger partial charge on any atom is 0.313 e. The van der Waals surface area contributed by atoms with Gasteiger partial charge in [-0.3, -0.25) is 14.4 Å². The summed E-state index contributed by atoms with van der Waals surface area (Å²) < 4.78 is 12.0. The molecule has 1 aromatic rings. The maximum absolute atomic E-state index is 13.6. The van der Waals surface area contributed by atoms with Gasteiger partial charge in [-0.25, -0.2) is 0 Å². The summed E-state index contributed by atoms with van der Waals surface area (Å²) in [5, 5.41) is 2.91. The molecule has 2 fully saturated rings. The molecule has 0 aliphatic carbocycles. The summed E-state index contributed by atoms with van der Waals surface area (Å²) in [6.07, 6.45) is 2.74. The van der Waals surface area contributed by atoms with Crippen LogP contribution in [-0.2, 0) is 23.9 Å². The first kappa shape index (κ1) is 24.5. The van der Waals surface area contributed by atoms with Crippen LogP contribution >= 0.6 is 0 Å². The quantitative estimate of drug-likeness (QED) is 0.511. The fourth-order valence-electron chi connectivity index (χ4n) is 5.39. The molecule has 0 aromatic heterocycles. The van der Waals surface area contributed by atoms with Gasteiger partial charge in [0.1, 0.15) is 11.5 Å². The fraction of sp³-hybridized carbons (Fsp3) is 0.593. The highest BCUT2D eigenvalue weighted by Gasteiger charge is 2.67. The number of rotatable bonds is 6. The molecule has 7 heteroatoms. The maximum atomic E-state index is 13.6. The van der Waals surface area contributed by atoms with E-state index in [2.05, 4.69) is 5.32 Å². The number of nitrogens with one attached hydrogen (secondary N) is 1. The molecule has 0 unspecified atom stereocenters. The van der Waals surface area contributed by atoms with Crippen LogP contribution in [0.15, 0.2) is 30.4 Å². The van der Waals surface area contributed by atoms with Crippen molar-refractivity contribution in [1.82, 2.24) is 5.32 Å². The molecule has 1 N–H and O–H groups in total. The molecule has 3 aliphatic heterocycles. The van der Waals surface area contributed by atoms with Gasteiger partial charge in [0.2, 0.25) is 5.91 Å². The van der Waals surface area contributed by atoms with Crippen molar-refractivity contribution < 1.29 is 23.9 Å². The number of benzene rings is 1. The Labute approximate surface area is 201 Å². The molecule has 2 bridgehead atoms. The van der Waals surface area contributed by atoms with Crippen molar-refractivity contribution in [3.8, 4) is 0 Å². The predicted octanol–water partition coefficient (Wildman–Crippen LogP) is 3.46. The average molecular weight is 469 g/mol. The molecule has 184 valence electrons. The Hall–Kier alpha value is -2.67. The van der Waals surface area contributed by atoms with Crippen molar-refractivity contribution in [2.45, 2.75) is 78.2 Å². The molecule has 0 radical (unpaired) electrons. The SMILES string of the molecule is Cc1ccc(N2C[C@@]34C=C[C@@H](O3)[C@H](C(=O)O[C@@H](CC(C)C)C(=O)NC(C)(C)C)[C@H]4C2=O)c(C)c1. The molecule has 34 heavy (non-hydrogen) atoms. The van der Waals surface area contributed by atoms with E-state index in [9.17, 15) is 14.4 Å². The van der Waals surface area contributed by atoms with E-state index in [-0.39, 0.29) is 17.7 Å². The highest BCUT2D eigenvalue weighted by Crippen LogP contribution is 2.53. The first-order valence-corrected chi connectivity index (χ1v) is 12.1. The Morgan fingerprint density at radius 1 is 1.26 bits per heavy atom. The molecule has 2 amide bonds. The van der Waals surface area contributed by atoms with E-state index in [0.29, 0.717) is 13.0 Å². The number of nitrogens with zero attached hydrogens (tertiary/aromatic N) is 1. The molecular formula is C27H36N2O5. The number of hydrogen-bond donors (Lipinski definition) is 1. The lowest BCUT2D eigenvalue weighted by Gasteiger charge is -2.28. The number of fused-ring (bicyclic) bond motifs is 1. The van der Waals surface area contributed by atoms with Gasteiger partial charge in [-0.15, -0.1) is 0 Å². The monoisotopic (exact) mass is 468 g/mol. The molecule has 4 rings (SSSR count). The van der Waals surface area contributed by atoms with Gasteiger partial charge in [0.05, 0.1) is 18.6 Å². The molecule has 3 aliphatic rings. The van der Waals surface area contributed by atoms with Crippen molar-refractivity contribution in [1.29, 1.82) is 0 Å². The summed E-state index contributed by atoms with van der Waals surface area (Å²) >= 11 is 0. The molecule has 3 heterocycles. The standard InChI is InChI=1S/C27H36N2O5/c1-15(2)12-20(23(30)28-26(5,6)7)33-25(32)21-19-10-11-27(34-19)14-29(24(31)22(21)27)18-9-8-16(3)13-17(18)4/h8-11,13,15,19-22H,12,14H2,1-7H3,(H,28,30)/t19-,20+,21+,22+,27-/m1/s1. The number of esters is 1. The van der Waals surface area contributed by atoms with Gasteiger partial charge < -0.3 is 19.7 Å². The number of carbonyl (C=O) groups is 3. The largest absolute Gasteiger partial charge is 0.452 e. The zero-order chi connectivity index (χ0) is 25.0. The van der Waals surface area contributed by atoms with Crippen LogP contribution in [0.2, 0.25) is 0 Å². The molecule has 0 saturated carbocycles. The second-order valence-electron chi connectivity index (χ2n) is 11.4. The van der Waals surface area contributed by atoms with E-state index in [1.54, 1.807) is 4.90 Å². The molecule has 7 nitrogen and oxygen atoms in total. The van der Waals surface area contributed by atoms with Crippen LogP contribution in [0.4, 0.5) is 5.69 Å². The number of amides is 2. The van der Waals surface area contributed by atoms with Crippen molar-refractivity contribution in [2.24, 2.45) is 17.8 Å². The molecule has 2 saturated heterocycles. The second kappa shape index (κ2) is 8.52. The average Bonchev–Trinajstić information content (AvgIpc) is 3.34. The Morgan fingerprint density at radius 3 is 2.59 bits per heavy atom. The van der Waals surface area contributed by atoms with Crippen LogP contribution in [0.1, 0.15) is 52.2 Å². The highest BCUT2D eigenvalue weighted by atomic mass is 16.6. The van der Waals surface area contributed by atoms with Crippen molar-refractivity contribution in [2.75, 3.05) is 11.4 Å². The van der Waals surface area contributed by atoms with E-state index >= 15 is 0 Å². The Kier molecular flexibility index (Phi) is 6.13. The van der Waals surface area contributed by atoms with Crippen LogP contribution in [0, 0.1) is 31.6 Å². The van der Waals surface area contributed by atoms with E-state index in [4.69, 9.17) is 9.47 Å². The first-order valence-electron chi connectivity index (χ1n) is 12.1. The zero-order valence-corrected chi connectivity index (χ0v) is 21.2. The lowest BCUT2D eigenvalue weighted by molar-refractivity contribution is -0.163. The van der Waals surface area contributed by atoms with Crippen LogP contribution < -0.4 is 10.2 Å². The Bertz CT molecular complexity index is 1040. The lowest BCUT2D eigenvalue weighted by Crippen LogP contribution is -2.49. The van der Waals surface area contributed by atoms with Crippen LogP contribution in [0.3, 0.4) is 0 Å². The van der Waals surface area contributed by atoms with Crippen LogP contribution in [-0.4, -0.2) is 47.7 Å². The lowest BCUT2D eigenvalue weighted by atomic mass is 9.77. The van der Waals surface area contributed by atoms with Gasteiger partial charge in [0.15, 0.2) is 6.10 Å². The number of ether oxygens (including phenoxy) is 2. The van der Waals surface area contributed by atoms with Crippen molar-refractivity contribution in [3.05, 3.63) is 41.5 Å². The molecular weight excluding hydrogens is 432 g/mol. The van der Waals surface area contributed by atoms with Crippen LogP contribution in [0.25, 0.3) is 0 Å². The number of carbonyl (C=O) groups excluding carboxylic acids is 3. The van der Waals surface area contributed by atoms with Gasteiger partial charge in [-0.2, -0.15) is 0 Å². The summed E-state index contributed by atoms with van der Waals surface area (Å²) in [5.41, 5.74) is 1.65. The zero-order valence-electron chi connectivity index (χ0n) is 21.2.